The van der Waals surface area contributed by atoms with Crippen molar-refractivity contribution < 1.29 is 18.7 Å². The fourth-order valence-electron chi connectivity index (χ4n) is 4.66. The quantitative estimate of drug-likeness (QED) is 0.511. The first-order chi connectivity index (χ1) is 16.1. The van der Waals surface area contributed by atoms with Crippen LogP contribution in [0.5, 0.6) is 0 Å². The molecule has 2 N–H and O–H groups in total. The fraction of sp³-hybridized carbons (Fsp3) is 0.348. The van der Waals surface area contributed by atoms with Crippen LogP contribution in [0.4, 0.5) is 20.3 Å². The van der Waals surface area contributed by atoms with Gasteiger partial charge in [-0.05, 0) is 37.6 Å². The number of anilines is 2. The molecule has 34 heavy (non-hydrogen) atoms. The van der Waals surface area contributed by atoms with Crippen molar-refractivity contribution >= 4 is 40.1 Å². The molecule has 1 aliphatic heterocycles. The van der Waals surface area contributed by atoms with E-state index in [0.29, 0.717) is 16.6 Å². The second-order valence-corrected chi connectivity index (χ2v) is 9.11. The molecule has 3 atom stereocenters. The molecular formula is C23H19ClF2N6O2. The third-order valence-electron chi connectivity index (χ3n) is 6.43. The highest BCUT2D eigenvalue weighted by atomic mass is 35.5. The number of nitriles is 1. The molecule has 174 valence electrons. The molecule has 2 aromatic heterocycles. The van der Waals surface area contributed by atoms with Gasteiger partial charge in [0.2, 0.25) is 0 Å². The van der Waals surface area contributed by atoms with E-state index in [1.54, 1.807) is 11.0 Å². The molecule has 2 fully saturated rings. The summed E-state index contributed by atoms with van der Waals surface area (Å²) in [6.07, 6.45) is 0. The lowest BCUT2D eigenvalue weighted by Crippen LogP contribution is -2.29. The average Bonchev–Trinajstić information content (AvgIpc) is 3.12. The third kappa shape index (κ3) is 3.56. The smallest absolute Gasteiger partial charge is 0.356 e. The average molecular weight is 485 g/mol. The van der Waals surface area contributed by atoms with Crippen LogP contribution >= 0.6 is 11.6 Å². The van der Waals surface area contributed by atoms with Gasteiger partial charge in [0.05, 0.1) is 34.6 Å². The highest BCUT2D eigenvalue weighted by Gasteiger charge is 2.72. The number of alkyl halides is 2. The first kappa shape index (κ1) is 22.2. The van der Waals surface area contributed by atoms with Crippen LogP contribution in [0.2, 0.25) is 5.15 Å². The summed E-state index contributed by atoms with van der Waals surface area (Å²) in [7, 11) is 0. The lowest BCUT2D eigenvalue weighted by Gasteiger charge is -2.23. The lowest BCUT2D eigenvalue weighted by molar-refractivity contribution is 0.0691. The molecule has 2 aliphatic rings. The standard InChI is InChI=1S/C23H19ClF2N6O2/c1-10-5-12(11(2)28-15-3-4-18(24)30-20(15)22(33)34)19-16(6-10)29-17(7-27)21(31-19)32-8-13-14(9-32)23(13,25)26/h3-6,11,13-14,28H,8-9H2,1-2H3,(H,33,34). The number of aryl methyl sites for hydroxylation is 1. The molecule has 3 heterocycles. The first-order valence-electron chi connectivity index (χ1n) is 10.6. The van der Waals surface area contributed by atoms with E-state index < -0.39 is 29.8 Å². The number of carboxylic acid groups (broad SMARTS) is 1. The monoisotopic (exact) mass is 484 g/mol. The summed E-state index contributed by atoms with van der Waals surface area (Å²) in [6.45, 7) is 3.96. The normalized spacial score (nSPS) is 21.1. The maximum Gasteiger partial charge on any atom is 0.356 e. The molecular weight excluding hydrogens is 466 g/mol. The van der Waals surface area contributed by atoms with Gasteiger partial charge in [0.1, 0.15) is 11.2 Å². The molecule has 0 spiro atoms. The summed E-state index contributed by atoms with van der Waals surface area (Å²) in [5.41, 5.74) is 2.74. The number of carboxylic acids is 1. The number of nitrogens with one attached hydrogen (secondary N) is 1. The Hall–Kier alpha value is -3.58. The molecule has 11 heteroatoms. The van der Waals surface area contributed by atoms with Crippen LogP contribution in [0, 0.1) is 30.1 Å². The maximum atomic E-state index is 13.7. The Bertz CT molecular complexity index is 1380. The Kier molecular flexibility index (Phi) is 5.06. The zero-order chi connectivity index (χ0) is 24.4. The Balaban J connectivity index is 1.55. The second-order valence-electron chi connectivity index (χ2n) is 8.72. The van der Waals surface area contributed by atoms with E-state index in [1.165, 1.54) is 12.1 Å². The minimum atomic E-state index is -2.65. The Labute approximate surface area is 198 Å². The summed E-state index contributed by atoms with van der Waals surface area (Å²) in [4.78, 5) is 26.4. The van der Waals surface area contributed by atoms with E-state index in [-0.39, 0.29) is 41.1 Å². The van der Waals surface area contributed by atoms with Gasteiger partial charge in [-0.3, -0.25) is 0 Å². The van der Waals surface area contributed by atoms with Crippen LogP contribution < -0.4 is 10.2 Å². The number of benzene rings is 1. The molecule has 1 aliphatic carbocycles. The predicted octanol–water partition coefficient (Wildman–Crippen LogP) is 4.43. The van der Waals surface area contributed by atoms with Crippen LogP contribution in [0.15, 0.2) is 24.3 Å². The van der Waals surface area contributed by atoms with Crippen LogP contribution in [0.3, 0.4) is 0 Å². The predicted molar refractivity (Wildman–Crippen MR) is 121 cm³/mol. The van der Waals surface area contributed by atoms with Crippen LogP contribution in [0.1, 0.15) is 40.3 Å². The number of carbonyl (C=O) groups is 1. The molecule has 3 unspecified atom stereocenters. The Morgan fingerprint density at radius 3 is 2.65 bits per heavy atom. The van der Waals surface area contributed by atoms with Crippen molar-refractivity contribution in [3.63, 3.8) is 0 Å². The van der Waals surface area contributed by atoms with Crippen LogP contribution in [-0.2, 0) is 0 Å². The van der Waals surface area contributed by atoms with Gasteiger partial charge >= 0.3 is 5.97 Å². The summed E-state index contributed by atoms with van der Waals surface area (Å²) in [6, 6.07) is 8.34. The number of hydrogen-bond donors (Lipinski definition) is 2. The van der Waals surface area contributed by atoms with Crippen molar-refractivity contribution in [1.29, 1.82) is 5.26 Å². The van der Waals surface area contributed by atoms with Crippen molar-refractivity contribution in [3.8, 4) is 6.07 Å². The van der Waals surface area contributed by atoms with Gasteiger partial charge in [0.25, 0.3) is 5.92 Å². The summed E-state index contributed by atoms with van der Waals surface area (Å²) >= 11 is 5.85. The number of hydrogen-bond acceptors (Lipinski definition) is 7. The second kappa shape index (κ2) is 7.74. The lowest BCUT2D eigenvalue weighted by atomic mass is 10.0. The molecule has 1 saturated carbocycles. The molecule has 8 nitrogen and oxygen atoms in total. The number of rotatable bonds is 5. The van der Waals surface area contributed by atoms with E-state index in [2.05, 4.69) is 15.3 Å². The topological polar surface area (TPSA) is 115 Å². The Morgan fingerprint density at radius 2 is 2.00 bits per heavy atom. The van der Waals surface area contributed by atoms with E-state index in [4.69, 9.17) is 16.6 Å². The van der Waals surface area contributed by atoms with Gasteiger partial charge in [0.15, 0.2) is 17.2 Å². The SMILES string of the molecule is Cc1cc(C(C)Nc2ccc(Cl)nc2C(=O)O)c2nc(N3CC4C(C3)C4(F)F)c(C#N)nc2c1. The van der Waals surface area contributed by atoms with Gasteiger partial charge < -0.3 is 15.3 Å². The molecule has 0 bridgehead atoms. The highest BCUT2D eigenvalue weighted by molar-refractivity contribution is 6.29. The van der Waals surface area contributed by atoms with Gasteiger partial charge in [-0.1, -0.05) is 17.7 Å². The zero-order valence-corrected chi connectivity index (χ0v) is 18.9. The number of nitrogens with zero attached hydrogens (tertiary/aromatic N) is 5. The van der Waals surface area contributed by atoms with E-state index in [1.807, 2.05) is 26.0 Å². The maximum absolute atomic E-state index is 13.7. The number of halogens is 3. The number of piperidine rings is 1. The largest absolute Gasteiger partial charge is 0.476 e. The Morgan fingerprint density at radius 1 is 1.29 bits per heavy atom. The fourth-order valence-corrected chi connectivity index (χ4v) is 4.80. The van der Waals surface area contributed by atoms with E-state index in [0.717, 1.165) is 5.56 Å². The van der Waals surface area contributed by atoms with Crippen molar-refractivity contribution in [2.45, 2.75) is 25.8 Å². The van der Waals surface area contributed by atoms with Crippen molar-refractivity contribution in [1.82, 2.24) is 15.0 Å². The molecule has 0 amide bonds. The molecule has 1 aromatic carbocycles. The van der Waals surface area contributed by atoms with Crippen LogP contribution in [0.25, 0.3) is 11.0 Å². The summed E-state index contributed by atoms with van der Waals surface area (Å²) < 4.78 is 27.4. The summed E-state index contributed by atoms with van der Waals surface area (Å²) in [5.74, 6) is -5.03. The summed E-state index contributed by atoms with van der Waals surface area (Å²) in [5, 5.41) is 22.4. The minimum Gasteiger partial charge on any atom is -0.476 e. The van der Waals surface area contributed by atoms with Crippen molar-refractivity contribution in [2.24, 2.45) is 11.8 Å². The minimum absolute atomic E-state index is 0.0605. The number of fused-ring (bicyclic) bond motifs is 2. The first-order valence-corrected chi connectivity index (χ1v) is 11.0. The number of aromatic nitrogens is 3. The molecule has 3 aromatic rings. The highest BCUT2D eigenvalue weighted by Crippen LogP contribution is 2.59. The molecule has 0 radical (unpaired) electrons. The number of pyridine rings is 1. The number of aromatic carboxylic acids is 1. The molecule has 5 rings (SSSR count). The van der Waals surface area contributed by atoms with Gasteiger partial charge in [-0.2, -0.15) is 5.26 Å². The van der Waals surface area contributed by atoms with E-state index in [9.17, 15) is 23.9 Å². The third-order valence-corrected chi connectivity index (χ3v) is 6.64. The van der Waals surface area contributed by atoms with Crippen LogP contribution in [-0.4, -0.2) is 45.0 Å². The van der Waals surface area contributed by atoms with Crippen molar-refractivity contribution in [3.05, 3.63) is 51.9 Å². The molecule has 1 saturated heterocycles. The van der Waals surface area contributed by atoms with Crippen molar-refractivity contribution in [2.75, 3.05) is 23.3 Å². The van der Waals surface area contributed by atoms with E-state index >= 15 is 0 Å². The zero-order valence-electron chi connectivity index (χ0n) is 18.2. The van der Waals surface area contributed by atoms with Gasteiger partial charge in [-0.25, -0.2) is 28.5 Å². The van der Waals surface area contributed by atoms with Gasteiger partial charge in [0, 0.05) is 18.7 Å². The van der Waals surface area contributed by atoms with Gasteiger partial charge in [-0.15, -0.1) is 0 Å².